The van der Waals surface area contributed by atoms with Gasteiger partial charge >= 0.3 is 11.8 Å². The number of phenolic OH excluding ortho intramolecular Hbond substituents is 1. The number of aliphatic hydroxyl groups is 2. The van der Waals surface area contributed by atoms with Gasteiger partial charge in [0.1, 0.15) is 28.6 Å². The average Bonchev–Trinajstić information content (AvgIpc) is 3.56. The van der Waals surface area contributed by atoms with E-state index in [9.17, 15) is 34.5 Å². The molecule has 4 N–H and O–H groups in total. The minimum absolute atomic E-state index is 0.00792. The molecule has 1 saturated heterocycles. The van der Waals surface area contributed by atoms with Crippen LogP contribution in [-0.4, -0.2) is 113 Å². The summed E-state index contributed by atoms with van der Waals surface area (Å²) in [6, 6.07) is 3.90. The molecule has 7 rings (SSSR count). The summed E-state index contributed by atoms with van der Waals surface area (Å²) in [5.41, 5.74) is 1.63. The quantitative estimate of drug-likeness (QED) is 0.0682. The van der Waals surface area contributed by atoms with Crippen LogP contribution in [0.15, 0.2) is 57.5 Å². The fourth-order valence-electron chi connectivity index (χ4n) is 9.95. The van der Waals surface area contributed by atoms with Crippen molar-refractivity contribution in [3.8, 4) is 11.5 Å². The van der Waals surface area contributed by atoms with E-state index in [1.54, 1.807) is 46.8 Å². The van der Waals surface area contributed by atoms with Crippen LogP contribution in [0.4, 0.5) is 11.4 Å². The Morgan fingerprint density at radius 2 is 1.65 bits per heavy atom. The number of hydrogen-bond donors (Lipinski definition) is 4. The number of piperazine rings is 1. The number of amides is 1. The van der Waals surface area contributed by atoms with Crippen LogP contribution in [0.5, 0.6) is 11.5 Å². The summed E-state index contributed by atoms with van der Waals surface area (Å²) in [7, 11) is 1.45. The Kier molecular flexibility index (Phi) is 14.5. The number of allylic oxidation sites excluding steroid dienone is 2. The number of benzene rings is 3. The number of carbonyl (C=O) groups is 3. The second kappa shape index (κ2) is 19.7. The zero-order chi connectivity index (χ0) is 49.7. The van der Waals surface area contributed by atoms with E-state index in [4.69, 9.17) is 28.3 Å². The van der Waals surface area contributed by atoms with Crippen molar-refractivity contribution in [2.45, 2.75) is 106 Å². The zero-order valence-corrected chi connectivity index (χ0v) is 41.1. The molecule has 16 nitrogen and oxygen atoms in total. The van der Waals surface area contributed by atoms with E-state index in [1.807, 2.05) is 19.1 Å². The summed E-state index contributed by atoms with van der Waals surface area (Å²) < 4.78 is 30.7. The third kappa shape index (κ3) is 9.35. The number of phenols is 1. The first-order valence-electron chi connectivity index (χ1n) is 23.5. The maximum absolute atomic E-state index is 14.9. The highest BCUT2D eigenvalue weighted by Gasteiger charge is 2.50. The van der Waals surface area contributed by atoms with Gasteiger partial charge in [-0.1, -0.05) is 59.8 Å². The van der Waals surface area contributed by atoms with Gasteiger partial charge < -0.3 is 48.9 Å². The number of hydrogen-bond acceptors (Lipinski definition) is 15. The number of esters is 1. The molecular weight excluding hydrogens is 873 g/mol. The van der Waals surface area contributed by atoms with Crippen LogP contribution in [0.25, 0.3) is 33.0 Å². The molecule has 0 saturated carbocycles. The fraction of sp³-hybridized carbons (Fsp3) is 0.519. The molecule has 3 aromatic carbocycles. The summed E-state index contributed by atoms with van der Waals surface area (Å²) in [5, 5.41) is 37.8. The molecule has 4 heterocycles. The molecule has 4 bridgehead atoms. The third-order valence-electron chi connectivity index (χ3n) is 14.0. The molecule has 3 aliphatic heterocycles. The first-order chi connectivity index (χ1) is 32.1. The Balaban J connectivity index is 1.43. The minimum atomic E-state index is -2.04. The van der Waals surface area contributed by atoms with Gasteiger partial charge in [0.25, 0.3) is 11.7 Å². The van der Waals surface area contributed by atoms with Crippen LogP contribution >= 0.6 is 0 Å². The monoisotopic (exact) mass is 938 g/mol. The zero-order valence-electron chi connectivity index (χ0n) is 41.1. The number of nitrogens with one attached hydrogen (secondary N) is 1. The average molecular weight is 939 g/mol. The Hall–Kier alpha value is -5.81. The molecule has 4 aromatic rings. The highest BCUT2D eigenvalue weighted by Crippen LogP contribution is 2.49. The topological polar surface area (TPSA) is 210 Å². The number of fused-ring (bicyclic) bond motifs is 2. The van der Waals surface area contributed by atoms with Crippen molar-refractivity contribution in [3.63, 3.8) is 0 Å². The molecule has 366 valence electrons. The van der Waals surface area contributed by atoms with Crippen LogP contribution < -0.4 is 20.4 Å². The van der Waals surface area contributed by atoms with Crippen LogP contribution in [0.3, 0.4) is 0 Å². The molecule has 1 aromatic heterocycles. The predicted molar refractivity (Wildman–Crippen MR) is 260 cm³/mol. The van der Waals surface area contributed by atoms with Crippen LogP contribution in [0.1, 0.15) is 83.8 Å². The van der Waals surface area contributed by atoms with Gasteiger partial charge in [0.2, 0.25) is 0 Å². The van der Waals surface area contributed by atoms with E-state index >= 15 is 0 Å². The SMILES string of the molecule is CO[C@H]1/C=C/O[C@@]2(C)Oc3c(C)c(=O)c4c(O)c(c5oc6cc(N7CCN(CC(C)C)CC7)cc(C)c6nc5c4c3C2=O)NC(=O)/C(C)=C\C=C\[C@H](C)[C@H](O)[C@@H](C)[C@@H](O)[C@@H](C)[C@H](OC(C)=O)[C@@H]1C. The van der Waals surface area contributed by atoms with Crippen LogP contribution in [0.2, 0.25) is 0 Å². The molecule has 16 heteroatoms. The summed E-state index contributed by atoms with van der Waals surface area (Å²) >= 11 is 0. The Morgan fingerprint density at radius 1 is 0.956 bits per heavy atom. The van der Waals surface area contributed by atoms with Crippen molar-refractivity contribution in [1.82, 2.24) is 9.88 Å². The van der Waals surface area contributed by atoms with E-state index in [0.29, 0.717) is 17.0 Å². The van der Waals surface area contributed by atoms with E-state index in [2.05, 4.69) is 29.0 Å². The largest absolute Gasteiger partial charge is 0.505 e. The maximum atomic E-state index is 14.9. The van der Waals surface area contributed by atoms with Gasteiger partial charge in [-0.3, -0.25) is 24.1 Å². The molecular formula is C52H66N4O12. The van der Waals surface area contributed by atoms with Crippen molar-refractivity contribution in [3.05, 3.63) is 75.2 Å². The van der Waals surface area contributed by atoms with Gasteiger partial charge in [-0.25, -0.2) is 4.98 Å². The number of aryl methyl sites for hydroxylation is 1. The van der Waals surface area contributed by atoms with Gasteiger partial charge in [-0.05, 0) is 44.4 Å². The second-order valence-corrected chi connectivity index (χ2v) is 19.5. The standard InChI is InChI=1S/C52H66N4O12/c1-25(2)24-55-17-19-56(20-18-55)34-22-28(5)40-36(23-34)67-49-41(53-40)37-38-45(60)32(9)48-39(37)50(62)52(11,68-48)65-21-16-35(64-12)29(6)47(66-33(10)57)31(8)44(59)30(7)43(58)26(3)14-13-15-27(4)51(63)54-42(49)46(38)61/h13-16,21-23,25-26,29-31,35,43-44,47,58-59,61H,17-20,24H2,1-12H3,(H,54,63)/b14-13+,21-16+,27-15-/t26-,29+,30+,31+,35-,43-,44+,47+,52-/m0/s1. The summed E-state index contributed by atoms with van der Waals surface area (Å²) in [4.78, 5) is 65.7. The molecule has 0 unspecified atom stereocenters. The van der Waals surface area contributed by atoms with Crippen molar-refractivity contribution < 1.29 is 53.1 Å². The lowest BCUT2D eigenvalue weighted by Gasteiger charge is -2.38. The van der Waals surface area contributed by atoms with E-state index in [-0.39, 0.29) is 50.0 Å². The first-order valence-corrected chi connectivity index (χ1v) is 23.5. The first kappa shape index (κ1) is 50.1. The number of ketones is 1. The highest BCUT2D eigenvalue weighted by molar-refractivity contribution is 6.26. The van der Waals surface area contributed by atoms with Crippen molar-refractivity contribution in [2.75, 3.05) is 50.1 Å². The molecule has 1 fully saturated rings. The number of ether oxygens (including phenoxy) is 4. The molecule has 9 atom stereocenters. The summed E-state index contributed by atoms with van der Waals surface area (Å²) in [6.45, 7) is 23.4. The van der Waals surface area contributed by atoms with Gasteiger partial charge in [-0.2, -0.15) is 0 Å². The third-order valence-corrected chi connectivity index (χ3v) is 14.0. The van der Waals surface area contributed by atoms with E-state index in [1.165, 1.54) is 46.3 Å². The van der Waals surface area contributed by atoms with Crippen molar-refractivity contribution >= 4 is 62.0 Å². The molecule has 3 aliphatic rings. The Labute approximate surface area is 396 Å². The lowest BCUT2D eigenvalue weighted by atomic mass is 9.78. The number of aromatic nitrogens is 1. The van der Waals surface area contributed by atoms with E-state index in [0.717, 1.165) is 44.0 Å². The molecule has 68 heavy (non-hydrogen) atoms. The lowest BCUT2D eigenvalue weighted by molar-refractivity contribution is -0.160. The molecule has 0 spiro atoms. The second-order valence-electron chi connectivity index (χ2n) is 19.5. The number of methoxy groups -OCH3 is 1. The normalized spacial score (nSPS) is 29.5. The molecule has 0 aliphatic carbocycles. The summed E-state index contributed by atoms with van der Waals surface area (Å²) in [6.07, 6.45) is 3.72. The lowest BCUT2D eigenvalue weighted by Crippen LogP contribution is -2.47. The van der Waals surface area contributed by atoms with Crippen molar-refractivity contribution in [2.24, 2.45) is 29.6 Å². The highest BCUT2D eigenvalue weighted by atomic mass is 16.7. The number of carbonyl (C=O) groups excluding carboxylic acids is 3. The number of Topliss-reactive ketones (excluding diaryl/α,β-unsaturated/α-hetero) is 1. The van der Waals surface area contributed by atoms with Crippen molar-refractivity contribution in [1.29, 1.82) is 0 Å². The molecule has 1 amide bonds. The van der Waals surface area contributed by atoms with Crippen LogP contribution in [0, 0.1) is 43.4 Å². The Bertz CT molecular complexity index is 2790. The number of nitrogens with zero attached hydrogens (tertiary/aromatic N) is 3. The van der Waals surface area contributed by atoms with Crippen LogP contribution in [-0.2, 0) is 23.8 Å². The number of rotatable bonds is 5. The van der Waals surface area contributed by atoms with Gasteiger partial charge in [-0.15, -0.1) is 0 Å². The van der Waals surface area contributed by atoms with Gasteiger partial charge in [0.05, 0.1) is 35.5 Å². The predicted octanol–water partition coefficient (Wildman–Crippen LogP) is 7.08. The fourth-order valence-corrected chi connectivity index (χ4v) is 9.95. The van der Waals surface area contributed by atoms with Gasteiger partial charge in [0, 0.05) is 106 Å². The van der Waals surface area contributed by atoms with Gasteiger partial charge in [0.15, 0.2) is 22.3 Å². The molecule has 0 radical (unpaired) electrons. The Morgan fingerprint density at radius 3 is 2.29 bits per heavy atom. The maximum Gasteiger partial charge on any atom is 0.312 e. The smallest absolute Gasteiger partial charge is 0.312 e. The number of anilines is 2. The minimum Gasteiger partial charge on any atom is -0.505 e. The summed E-state index contributed by atoms with van der Waals surface area (Å²) in [5.74, 6) is -6.59. The number of aliphatic hydroxyl groups excluding tert-OH is 2. The number of aromatic hydroxyl groups is 1. The van der Waals surface area contributed by atoms with E-state index < -0.39 is 82.7 Å².